The summed E-state index contributed by atoms with van der Waals surface area (Å²) in [5.41, 5.74) is 4.63. The summed E-state index contributed by atoms with van der Waals surface area (Å²) in [5.74, 6) is 1.41. The maximum Gasteiger partial charge on any atom is 0.255 e. The van der Waals surface area contributed by atoms with Gasteiger partial charge < -0.3 is 10.1 Å². The second-order valence-corrected chi connectivity index (χ2v) is 7.45. The van der Waals surface area contributed by atoms with Gasteiger partial charge in [-0.2, -0.15) is 0 Å². The molecule has 3 rings (SSSR count). The SMILES string of the molecule is COc1ccc(C(=O)Nc2cc(C)ccc2C)cc1CSc1ccccc1. The van der Waals surface area contributed by atoms with Crippen molar-refractivity contribution in [2.24, 2.45) is 0 Å². The molecule has 0 unspecified atom stereocenters. The molecule has 3 nitrogen and oxygen atoms in total. The maximum absolute atomic E-state index is 12.7. The van der Waals surface area contributed by atoms with E-state index in [2.05, 4.69) is 17.4 Å². The topological polar surface area (TPSA) is 38.3 Å². The number of carbonyl (C=O) groups is 1. The minimum atomic E-state index is -0.114. The minimum Gasteiger partial charge on any atom is -0.496 e. The van der Waals surface area contributed by atoms with Crippen molar-refractivity contribution in [2.45, 2.75) is 24.5 Å². The van der Waals surface area contributed by atoms with Gasteiger partial charge in [0.2, 0.25) is 0 Å². The molecule has 0 spiro atoms. The second-order valence-electron chi connectivity index (χ2n) is 6.40. The summed E-state index contributed by atoms with van der Waals surface area (Å²) < 4.78 is 5.48. The third kappa shape index (κ3) is 4.92. The van der Waals surface area contributed by atoms with Gasteiger partial charge in [-0.25, -0.2) is 0 Å². The first-order valence-electron chi connectivity index (χ1n) is 8.80. The van der Waals surface area contributed by atoms with E-state index in [4.69, 9.17) is 4.74 Å². The molecular weight excluding hydrogens is 354 g/mol. The summed E-state index contributed by atoms with van der Waals surface area (Å²) in [7, 11) is 1.65. The number of benzene rings is 3. The first kappa shape index (κ1) is 19.1. The van der Waals surface area contributed by atoms with Crippen LogP contribution in [0.3, 0.4) is 0 Å². The molecule has 4 heteroatoms. The predicted molar refractivity (Wildman–Crippen MR) is 113 cm³/mol. The van der Waals surface area contributed by atoms with Crippen molar-refractivity contribution >= 4 is 23.4 Å². The van der Waals surface area contributed by atoms with Crippen LogP contribution in [0.2, 0.25) is 0 Å². The molecule has 1 N–H and O–H groups in total. The molecule has 0 aliphatic heterocycles. The molecule has 0 atom stereocenters. The number of ether oxygens (including phenoxy) is 1. The van der Waals surface area contributed by atoms with E-state index in [1.165, 1.54) is 4.90 Å². The van der Waals surface area contributed by atoms with Crippen molar-refractivity contribution in [3.63, 3.8) is 0 Å². The third-order valence-electron chi connectivity index (χ3n) is 4.32. The first-order chi connectivity index (χ1) is 13.1. The van der Waals surface area contributed by atoms with E-state index >= 15 is 0 Å². The number of hydrogen-bond donors (Lipinski definition) is 1. The summed E-state index contributed by atoms with van der Waals surface area (Å²) >= 11 is 1.72. The monoisotopic (exact) mass is 377 g/mol. The number of methoxy groups -OCH3 is 1. The molecule has 3 aromatic carbocycles. The molecule has 0 heterocycles. The van der Waals surface area contributed by atoms with E-state index in [-0.39, 0.29) is 5.91 Å². The van der Waals surface area contributed by atoms with Gasteiger partial charge in [-0.15, -0.1) is 11.8 Å². The van der Waals surface area contributed by atoms with Gasteiger partial charge in [0.1, 0.15) is 5.75 Å². The van der Waals surface area contributed by atoms with Crippen LogP contribution in [-0.4, -0.2) is 13.0 Å². The van der Waals surface area contributed by atoms with Crippen molar-refractivity contribution < 1.29 is 9.53 Å². The molecule has 0 aromatic heterocycles. The molecule has 0 radical (unpaired) electrons. The van der Waals surface area contributed by atoms with E-state index in [1.54, 1.807) is 24.9 Å². The Balaban J connectivity index is 1.79. The van der Waals surface area contributed by atoms with Gasteiger partial charge in [-0.1, -0.05) is 30.3 Å². The van der Waals surface area contributed by atoms with Crippen LogP contribution in [0.5, 0.6) is 5.75 Å². The lowest BCUT2D eigenvalue weighted by molar-refractivity contribution is 0.102. The highest BCUT2D eigenvalue weighted by atomic mass is 32.2. The average molecular weight is 378 g/mol. The summed E-state index contributed by atoms with van der Waals surface area (Å²) in [5, 5.41) is 3.02. The van der Waals surface area contributed by atoms with E-state index in [1.807, 2.05) is 62.4 Å². The predicted octanol–water partition coefficient (Wildman–Crippen LogP) is 5.86. The Labute approximate surface area is 164 Å². The van der Waals surface area contributed by atoms with Crippen LogP contribution < -0.4 is 10.1 Å². The lowest BCUT2D eigenvalue weighted by Gasteiger charge is -2.12. The molecule has 0 saturated carbocycles. The molecule has 3 aromatic rings. The molecule has 0 aliphatic carbocycles. The zero-order chi connectivity index (χ0) is 19.2. The largest absolute Gasteiger partial charge is 0.496 e. The van der Waals surface area contributed by atoms with Crippen LogP contribution in [0.25, 0.3) is 0 Å². The van der Waals surface area contributed by atoms with Crippen molar-refractivity contribution in [2.75, 3.05) is 12.4 Å². The van der Waals surface area contributed by atoms with Crippen LogP contribution in [0.15, 0.2) is 71.6 Å². The molecule has 138 valence electrons. The van der Waals surface area contributed by atoms with Crippen molar-refractivity contribution in [3.8, 4) is 5.75 Å². The Kier molecular flexibility index (Phi) is 6.20. The molecule has 0 saturated heterocycles. The molecule has 0 fully saturated rings. The lowest BCUT2D eigenvalue weighted by atomic mass is 10.1. The van der Waals surface area contributed by atoms with Crippen molar-refractivity contribution in [1.82, 2.24) is 0 Å². The summed E-state index contributed by atoms with van der Waals surface area (Å²) in [6.07, 6.45) is 0. The summed E-state index contributed by atoms with van der Waals surface area (Å²) in [4.78, 5) is 13.9. The second kappa shape index (κ2) is 8.78. The fourth-order valence-electron chi connectivity index (χ4n) is 2.78. The number of carbonyl (C=O) groups excluding carboxylic acids is 1. The van der Waals surface area contributed by atoms with Crippen LogP contribution in [0.4, 0.5) is 5.69 Å². The molecule has 0 aliphatic rings. The van der Waals surface area contributed by atoms with Crippen molar-refractivity contribution in [3.05, 3.63) is 89.0 Å². The smallest absolute Gasteiger partial charge is 0.255 e. The summed E-state index contributed by atoms with van der Waals surface area (Å²) in [6.45, 7) is 4.01. The van der Waals surface area contributed by atoms with Crippen LogP contribution >= 0.6 is 11.8 Å². The Morgan fingerprint density at radius 3 is 2.52 bits per heavy atom. The summed E-state index contributed by atoms with van der Waals surface area (Å²) in [6, 6.07) is 21.8. The van der Waals surface area contributed by atoms with Gasteiger partial charge in [0.25, 0.3) is 5.91 Å². The van der Waals surface area contributed by atoms with Gasteiger partial charge >= 0.3 is 0 Å². The van der Waals surface area contributed by atoms with Gasteiger partial charge in [0, 0.05) is 27.5 Å². The minimum absolute atomic E-state index is 0.114. The van der Waals surface area contributed by atoms with Crippen molar-refractivity contribution in [1.29, 1.82) is 0 Å². The third-order valence-corrected chi connectivity index (χ3v) is 5.38. The van der Waals surface area contributed by atoms with Gasteiger partial charge in [-0.05, 0) is 61.4 Å². The normalized spacial score (nSPS) is 10.5. The highest BCUT2D eigenvalue weighted by molar-refractivity contribution is 7.98. The molecule has 27 heavy (non-hydrogen) atoms. The van der Waals surface area contributed by atoms with E-state index < -0.39 is 0 Å². The number of aryl methyl sites for hydroxylation is 2. The quantitative estimate of drug-likeness (QED) is 0.547. The Morgan fingerprint density at radius 2 is 1.78 bits per heavy atom. The number of rotatable bonds is 6. The first-order valence-corrected chi connectivity index (χ1v) is 9.79. The molecule has 0 bridgehead atoms. The van der Waals surface area contributed by atoms with Gasteiger partial charge in [0.15, 0.2) is 0 Å². The van der Waals surface area contributed by atoms with E-state index in [0.717, 1.165) is 33.9 Å². The van der Waals surface area contributed by atoms with Crippen LogP contribution in [0, 0.1) is 13.8 Å². The Hall–Kier alpha value is -2.72. The number of nitrogens with one attached hydrogen (secondary N) is 1. The van der Waals surface area contributed by atoms with E-state index in [0.29, 0.717) is 5.56 Å². The van der Waals surface area contributed by atoms with Gasteiger partial charge in [0.05, 0.1) is 7.11 Å². The molecule has 1 amide bonds. The Morgan fingerprint density at radius 1 is 1.00 bits per heavy atom. The van der Waals surface area contributed by atoms with E-state index in [9.17, 15) is 4.79 Å². The lowest BCUT2D eigenvalue weighted by Crippen LogP contribution is -2.13. The fraction of sp³-hybridized carbons (Fsp3) is 0.174. The number of anilines is 1. The zero-order valence-electron chi connectivity index (χ0n) is 15.8. The fourth-order valence-corrected chi connectivity index (χ4v) is 3.67. The zero-order valence-corrected chi connectivity index (χ0v) is 16.6. The highest BCUT2D eigenvalue weighted by Crippen LogP contribution is 2.29. The standard InChI is InChI=1S/C23H23NO2S/c1-16-9-10-17(2)21(13-16)24-23(25)18-11-12-22(26-3)19(14-18)15-27-20-7-5-4-6-8-20/h4-14H,15H2,1-3H3,(H,24,25). The van der Waals surface area contributed by atoms with Crippen LogP contribution in [0.1, 0.15) is 27.0 Å². The number of thioether (sulfide) groups is 1. The maximum atomic E-state index is 12.7. The number of amides is 1. The van der Waals surface area contributed by atoms with Gasteiger partial charge in [-0.3, -0.25) is 4.79 Å². The Bertz CT molecular complexity index is 938. The van der Waals surface area contributed by atoms with Crippen LogP contribution in [-0.2, 0) is 5.75 Å². The average Bonchev–Trinajstić information content (AvgIpc) is 2.69. The molecular formula is C23H23NO2S. The highest BCUT2D eigenvalue weighted by Gasteiger charge is 2.12. The number of hydrogen-bond acceptors (Lipinski definition) is 3.